The molecule has 0 heterocycles. The standard InChI is InChI=1S/C13H13F3N2O4/c14-13(15,16)7-17-10(19)6-11(20)18-9-3-1-8(2-4-9)5-12(21)22/h1-4H,5-7H2,(H,17,19)(H,18,20)(H,21,22). The molecule has 6 nitrogen and oxygen atoms in total. The molecule has 0 saturated carbocycles. The first-order valence-corrected chi connectivity index (χ1v) is 6.10. The fraction of sp³-hybridized carbons (Fsp3) is 0.308. The first kappa shape index (κ1) is 17.5. The number of carboxylic acid groups (broad SMARTS) is 1. The molecular weight excluding hydrogens is 305 g/mol. The Labute approximate surface area is 123 Å². The van der Waals surface area contributed by atoms with Crippen molar-refractivity contribution in [2.45, 2.75) is 19.0 Å². The van der Waals surface area contributed by atoms with E-state index in [1.807, 2.05) is 0 Å². The Morgan fingerprint density at radius 2 is 1.64 bits per heavy atom. The molecule has 3 N–H and O–H groups in total. The zero-order valence-electron chi connectivity index (χ0n) is 11.2. The highest BCUT2D eigenvalue weighted by Crippen LogP contribution is 2.13. The Balaban J connectivity index is 2.44. The van der Waals surface area contributed by atoms with Crippen LogP contribution in [0.1, 0.15) is 12.0 Å². The fourth-order valence-electron chi connectivity index (χ4n) is 1.49. The van der Waals surface area contributed by atoms with E-state index in [-0.39, 0.29) is 6.42 Å². The van der Waals surface area contributed by atoms with Gasteiger partial charge >= 0.3 is 12.1 Å². The van der Waals surface area contributed by atoms with Crippen molar-refractivity contribution in [1.82, 2.24) is 5.32 Å². The molecule has 120 valence electrons. The van der Waals surface area contributed by atoms with E-state index in [9.17, 15) is 27.6 Å². The number of hydrogen-bond acceptors (Lipinski definition) is 3. The molecule has 0 saturated heterocycles. The van der Waals surface area contributed by atoms with Crippen molar-refractivity contribution in [3.8, 4) is 0 Å². The van der Waals surface area contributed by atoms with Gasteiger partial charge in [0.05, 0.1) is 6.42 Å². The van der Waals surface area contributed by atoms with Crippen molar-refractivity contribution in [3.05, 3.63) is 29.8 Å². The molecule has 0 spiro atoms. The van der Waals surface area contributed by atoms with Crippen molar-refractivity contribution >= 4 is 23.5 Å². The van der Waals surface area contributed by atoms with E-state index in [4.69, 9.17) is 5.11 Å². The summed E-state index contributed by atoms with van der Waals surface area (Å²) in [5.41, 5.74) is 0.830. The van der Waals surface area contributed by atoms with Crippen LogP contribution in [0.25, 0.3) is 0 Å². The summed E-state index contributed by atoms with van der Waals surface area (Å²) < 4.78 is 35.6. The van der Waals surface area contributed by atoms with Crippen LogP contribution in [0.15, 0.2) is 24.3 Å². The molecule has 0 atom stereocenters. The molecule has 1 rings (SSSR count). The van der Waals surface area contributed by atoms with Gasteiger partial charge in [0, 0.05) is 5.69 Å². The van der Waals surface area contributed by atoms with Gasteiger partial charge in [-0.2, -0.15) is 13.2 Å². The third-order valence-electron chi connectivity index (χ3n) is 2.40. The SMILES string of the molecule is O=C(O)Cc1ccc(NC(=O)CC(=O)NCC(F)(F)F)cc1. The second kappa shape index (κ2) is 7.43. The number of nitrogens with one attached hydrogen (secondary N) is 2. The summed E-state index contributed by atoms with van der Waals surface area (Å²) in [6.45, 7) is -1.50. The van der Waals surface area contributed by atoms with Gasteiger partial charge in [0.25, 0.3) is 0 Å². The highest BCUT2D eigenvalue weighted by molar-refractivity contribution is 6.03. The molecule has 2 amide bonds. The fourth-order valence-corrected chi connectivity index (χ4v) is 1.49. The highest BCUT2D eigenvalue weighted by Gasteiger charge is 2.27. The van der Waals surface area contributed by atoms with E-state index in [2.05, 4.69) is 5.32 Å². The predicted molar refractivity (Wildman–Crippen MR) is 70.1 cm³/mol. The Bertz CT molecular complexity index is 555. The van der Waals surface area contributed by atoms with Gasteiger partial charge in [-0.3, -0.25) is 14.4 Å². The molecule has 0 aliphatic rings. The molecule has 0 bridgehead atoms. The van der Waals surface area contributed by atoms with Crippen molar-refractivity contribution in [1.29, 1.82) is 0 Å². The number of carbonyl (C=O) groups is 3. The van der Waals surface area contributed by atoms with E-state index in [0.717, 1.165) is 0 Å². The Hall–Kier alpha value is -2.58. The van der Waals surface area contributed by atoms with Crippen LogP contribution in [0.2, 0.25) is 0 Å². The maximum Gasteiger partial charge on any atom is 0.405 e. The largest absolute Gasteiger partial charge is 0.481 e. The number of aliphatic carboxylic acids is 1. The van der Waals surface area contributed by atoms with E-state index in [1.165, 1.54) is 24.3 Å². The van der Waals surface area contributed by atoms with Crippen LogP contribution in [-0.2, 0) is 20.8 Å². The predicted octanol–water partition coefficient (Wildman–Crippen LogP) is 1.32. The van der Waals surface area contributed by atoms with Crippen LogP contribution in [0.4, 0.5) is 18.9 Å². The summed E-state index contributed by atoms with van der Waals surface area (Å²) in [4.78, 5) is 33.1. The molecule has 9 heteroatoms. The van der Waals surface area contributed by atoms with Gasteiger partial charge in [-0.1, -0.05) is 12.1 Å². The number of carbonyl (C=O) groups excluding carboxylic acids is 2. The number of rotatable bonds is 6. The first-order chi connectivity index (χ1) is 10.2. The summed E-state index contributed by atoms with van der Waals surface area (Å²) >= 11 is 0. The molecular formula is C13H13F3N2O4. The minimum Gasteiger partial charge on any atom is -0.481 e. The topological polar surface area (TPSA) is 95.5 Å². The van der Waals surface area contributed by atoms with E-state index >= 15 is 0 Å². The number of carboxylic acids is 1. The van der Waals surface area contributed by atoms with Crippen LogP contribution in [0.5, 0.6) is 0 Å². The number of benzene rings is 1. The van der Waals surface area contributed by atoms with Crippen molar-refractivity contribution in [2.24, 2.45) is 0 Å². The van der Waals surface area contributed by atoms with E-state index < -0.39 is 36.9 Å². The molecule has 1 aromatic rings. The lowest BCUT2D eigenvalue weighted by atomic mass is 10.1. The molecule has 0 radical (unpaired) electrons. The smallest absolute Gasteiger partial charge is 0.405 e. The molecule has 22 heavy (non-hydrogen) atoms. The van der Waals surface area contributed by atoms with Gasteiger partial charge in [0.2, 0.25) is 11.8 Å². The monoisotopic (exact) mass is 318 g/mol. The Kier molecular flexibility index (Phi) is 5.90. The molecule has 0 aromatic heterocycles. The van der Waals surface area contributed by atoms with Gasteiger partial charge in [0.1, 0.15) is 13.0 Å². The highest BCUT2D eigenvalue weighted by atomic mass is 19.4. The van der Waals surface area contributed by atoms with Crippen molar-refractivity contribution in [3.63, 3.8) is 0 Å². The van der Waals surface area contributed by atoms with Gasteiger partial charge in [-0.15, -0.1) is 0 Å². The van der Waals surface area contributed by atoms with Gasteiger partial charge in [-0.05, 0) is 17.7 Å². The summed E-state index contributed by atoms with van der Waals surface area (Å²) in [7, 11) is 0. The zero-order valence-corrected chi connectivity index (χ0v) is 11.2. The zero-order chi connectivity index (χ0) is 16.8. The van der Waals surface area contributed by atoms with Crippen LogP contribution >= 0.6 is 0 Å². The normalized spacial score (nSPS) is 10.9. The lowest BCUT2D eigenvalue weighted by Crippen LogP contribution is -2.35. The van der Waals surface area contributed by atoms with Crippen LogP contribution in [-0.4, -0.2) is 35.6 Å². The van der Waals surface area contributed by atoms with Crippen LogP contribution in [0, 0.1) is 0 Å². The maximum atomic E-state index is 11.9. The third-order valence-corrected chi connectivity index (χ3v) is 2.40. The summed E-state index contributed by atoms with van der Waals surface area (Å²) in [5.74, 6) is -2.82. The van der Waals surface area contributed by atoms with Gasteiger partial charge in [-0.25, -0.2) is 0 Å². The van der Waals surface area contributed by atoms with Crippen LogP contribution < -0.4 is 10.6 Å². The van der Waals surface area contributed by atoms with E-state index in [0.29, 0.717) is 11.3 Å². The van der Waals surface area contributed by atoms with Gasteiger partial charge < -0.3 is 15.7 Å². The number of anilines is 1. The molecule has 0 fully saturated rings. The lowest BCUT2D eigenvalue weighted by molar-refractivity contribution is -0.140. The molecule has 1 aromatic carbocycles. The number of alkyl halides is 3. The minimum absolute atomic E-state index is 0.173. The number of hydrogen-bond donors (Lipinski definition) is 3. The van der Waals surface area contributed by atoms with Crippen molar-refractivity contribution in [2.75, 3.05) is 11.9 Å². The summed E-state index contributed by atoms with van der Waals surface area (Å²) in [6.07, 6.45) is -5.45. The molecule has 0 aliphatic carbocycles. The Morgan fingerprint density at radius 3 is 2.14 bits per heavy atom. The third kappa shape index (κ3) is 7.27. The van der Waals surface area contributed by atoms with E-state index in [1.54, 1.807) is 5.32 Å². The Morgan fingerprint density at radius 1 is 1.05 bits per heavy atom. The lowest BCUT2D eigenvalue weighted by Gasteiger charge is -2.09. The average molecular weight is 318 g/mol. The number of amides is 2. The quantitative estimate of drug-likeness (QED) is 0.689. The minimum atomic E-state index is -4.54. The van der Waals surface area contributed by atoms with Crippen molar-refractivity contribution < 1.29 is 32.7 Å². The average Bonchev–Trinajstić information content (AvgIpc) is 2.37. The maximum absolute atomic E-state index is 11.9. The first-order valence-electron chi connectivity index (χ1n) is 6.10. The second-order valence-corrected chi connectivity index (χ2v) is 4.38. The van der Waals surface area contributed by atoms with Crippen LogP contribution in [0.3, 0.4) is 0 Å². The number of halogens is 3. The summed E-state index contributed by atoms with van der Waals surface area (Å²) in [6, 6.07) is 5.83. The molecule has 0 aliphatic heterocycles. The summed E-state index contributed by atoms with van der Waals surface area (Å²) in [5, 5.41) is 12.5. The molecule has 0 unspecified atom stereocenters. The van der Waals surface area contributed by atoms with Gasteiger partial charge in [0.15, 0.2) is 0 Å². The second-order valence-electron chi connectivity index (χ2n) is 4.38.